The van der Waals surface area contributed by atoms with Crippen LogP contribution < -0.4 is 5.32 Å². The van der Waals surface area contributed by atoms with E-state index in [0.717, 1.165) is 27.7 Å². The summed E-state index contributed by atoms with van der Waals surface area (Å²) in [6, 6.07) is 7.73. The SMILES string of the molecule is Cc1cnn([C@H]2[C@H](O)C[C@@H]2NC(=O)Cc2c(C)[nH]c3ccccc23)c1. The maximum atomic E-state index is 12.6. The molecule has 6 nitrogen and oxygen atoms in total. The lowest BCUT2D eigenvalue weighted by Crippen LogP contribution is -2.56. The predicted octanol–water partition coefficient (Wildman–Crippen LogP) is 2.01. The highest BCUT2D eigenvalue weighted by Gasteiger charge is 2.42. The summed E-state index contributed by atoms with van der Waals surface area (Å²) in [6.07, 6.45) is 4.07. The minimum atomic E-state index is -0.473. The van der Waals surface area contributed by atoms with E-state index in [1.807, 2.05) is 44.3 Å². The Hall–Kier alpha value is -2.60. The first-order chi connectivity index (χ1) is 12.0. The van der Waals surface area contributed by atoms with E-state index < -0.39 is 6.10 Å². The van der Waals surface area contributed by atoms with Gasteiger partial charge in [-0.15, -0.1) is 0 Å². The molecule has 4 rings (SSSR count). The Morgan fingerprint density at radius 1 is 1.40 bits per heavy atom. The van der Waals surface area contributed by atoms with Crippen LogP contribution in [-0.2, 0) is 11.2 Å². The molecule has 1 aromatic carbocycles. The highest BCUT2D eigenvalue weighted by atomic mass is 16.3. The van der Waals surface area contributed by atoms with Gasteiger partial charge in [0.15, 0.2) is 0 Å². The molecule has 0 spiro atoms. The van der Waals surface area contributed by atoms with Crippen molar-refractivity contribution in [1.82, 2.24) is 20.1 Å². The summed E-state index contributed by atoms with van der Waals surface area (Å²) < 4.78 is 1.76. The Labute approximate surface area is 145 Å². The molecule has 0 aliphatic heterocycles. The summed E-state index contributed by atoms with van der Waals surface area (Å²) in [5.41, 5.74) is 4.13. The lowest BCUT2D eigenvalue weighted by Gasteiger charge is -2.41. The van der Waals surface area contributed by atoms with E-state index in [1.54, 1.807) is 10.9 Å². The molecule has 2 aromatic heterocycles. The minimum absolute atomic E-state index is 0.0290. The molecule has 25 heavy (non-hydrogen) atoms. The zero-order chi connectivity index (χ0) is 17.6. The third kappa shape index (κ3) is 2.82. The van der Waals surface area contributed by atoms with Crippen LogP contribution in [-0.4, -0.2) is 37.9 Å². The van der Waals surface area contributed by atoms with Crippen molar-refractivity contribution >= 4 is 16.8 Å². The number of hydrogen-bond acceptors (Lipinski definition) is 3. The van der Waals surface area contributed by atoms with E-state index in [-0.39, 0.29) is 18.0 Å². The number of carbonyl (C=O) groups is 1. The third-order valence-corrected chi connectivity index (χ3v) is 5.05. The second kappa shape index (κ2) is 6.04. The number of benzene rings is 1. The molecule has 3 atom stereocenters. The van der Waals surface area contributed by atoms with Crippen LogP contribution in [0.3, 0.4) is 0 Å². The molecule has 3 N–H and O–H groups in total. The fourth-order valence-corrected chi connectivity index (χ4v) is 3.69. The summed E-state index contributed by atoms with van der Waals surface area (Å²) in [7, 11) is 0. The van der Waals surface area contributed by atoms with Gasteiger partial charge in [-0.05, 0) is 37.5 Å². The van der Waals surface area contributed by atoms with Crippen LogP contribution in [0.15, 0.2) is 36.7 Å². The zero-order valence-corrected chi connectivity index (χ0v) is 14.4. The average Bonchev–Trinajstić information content (AvgIpc) is 3.11. The molecule has 0 saturated heterocycles. The molecular formula is C19H22N4O2. The summed E-state index contributed by atoms with van der Waals surface area (Å²) in [6.45, 7) is 3.95. The summed E-state index contributed by atoms with van der Waals surface area (Å²) in [5.74, 6) is -0.0290. The first-order valence-corrected chi connectivity index (χ1v) is 8.57. The topological polar surface area (TPSA) is 82.9 Å². The second-order valence-corrected chi connectivity index (χ2v) is 6.92. The van der Waals surface area contributed by atoms with Gasteiger partial charge in [-0.25, -0.2) is 0 Å². The molecule has 2 heterocycles. The van der Waals surface area contributed by atoms with Gasteiger partial charge in [-0.1, -0.05) is 18.2 Å². The normalized spacial score (nSPS) is 22.8. The van der Waals surface area contributed by atoms with Gasteiger partial charge in [0.1, 0.15) is 0 Å². The Balaban J connectivity index is 1.48. The molecule has 1 fully saturated rings. The summed E-state index contributed by atoms with van der Waals surface area (Å²) in [4.78, 5) is 15.9. The molecule has 6 heteroatoms. The number of fused-ring (bicyclic) bond motifs is 1. The van der Waals surface area contributed by atoms with Crippen molar-refractivity contribution in [3.05, 3.63) is 53.5 Å². The highest BCUT2D eigenvalue weighted by molar-refractivity contribution is 5.90. The van der Waals surface area contributed by atoms with E-state index in [0.29, 0.717) is 12.8 Å². The smallest absolute Gasteiger partial charge is 0.224 e. The number of aliphatic hydroxyl groups is 1. The van der Waals surface area contributed by atoms with E-state index in [1.165, 1.54) is 0 Å². The number of hydrogen-bond donors (Lipinski definition) is 3. The molecule has 0 bridgehead atoms. The van der Waals surface area contributed by atoms with E-state index >= 15 is 0 Å². The van der Waals surface area contributed by atoms with Crippen LogP contribution in [0.2, 0.25) is 0 Å². The van der Waals surface area contributed by atoms with Crippen LogP contribution in [0.25, 0.3) is 10.9 Å². The Morgan fingerprint density at radius 2 is 2.20 bits per heavy atom. The van der Waals surface area contributed by atoms with Crippen LogP contribution in [0.5, 0.6) is 0 Å². The van der Waals surface area contributed by atoms with Gasteiger partial charge in [0, 0.05) is 22.8 Å². The predicted molar refractivity (Wildman–Crippen MR) is 95.3 cm³/mol. The quantitative estimate of drug-likeness (QED) is 0.680. The number of para-hydroxylation sites is 1. The largest absolute Gasteiger partial charge is 0.391 e. The number of aryl methyl sites for hydroxylation is 2. The molecule has 0 unspecified atom stereocenters. The monoisotopic (exact) mass is 338 g/mol. The van der Waals surface area contributed by atoms with Gasteiger partial charge in [0.05, 0.1) is 30.8 Å². The molecular weight excluding hydrogens is 316 g/mol. The minimum Gasteiger partial charge on any atom is -0.391 e. The molecule has 1 saturated carbocycles. The number of aromatic nitrogens is 3. The summed E-state index contributed by atoms with van der Waals surface area (Å²) >= 11 is 0. The fourth-order valence-electron chi connectivity index (χ4n) is 3.69. The molecule has 1 aliphatic carbocycles. The van der Waals surface area contributed by atoms with Gasteiger partial charge in [0.2, 0.25) is 5.91 Å². The highest BCUT2D eigenvalue weighted by Crippen LogP contribution is 2.33. The van der Waals surface area contributed by atoms with Crippen LogP contribution >= 0.6 is 0 Å². The Bertz CT molecular complexity index is 927. The van der Waals surface area contributed by atoms with Crippen LogP contribution in [0.1, 0.15) is 29.3 Å². The summed E-state index contributed by atoms with van der Waals surface area (Å²) in [5, 5.41) is 18.5. The molecule has 130 valence electrons. The van der Waals surface area contributed by atoms with Crippen molar-refractivity contribution in [1.29, 1.82) is 0 Å². The van der Waals surface area contributed by atoms with Gasteiger partial charge < -0.3 is 15.4 Å². The number of nitrogens with zero attached hydrogens (tertiary/aromatic N) is 2. The Kier molecular flexibility index (Phi) is 3.84. The molecule has 0 radical (unpaired) electrons. The van der Waals surface area contributed by atoms with Crippen molar-refractivity contribution in [2.45, 2.75) is 44.9 Å². The van der Waals surface area contributed by atoms with E-state index in [9.17, 15) is 9.90 Å². The second-order valence-electron chi connectivity index (χ2n) is 6.92. The van der Waals surface area contributed by atoms with Crippen molar-refractivity contribution in [3.63, 3.8) is 0 Å². The van der Waals surface area contributed by atoms with E-state index in [2.05, 4.69) is 15.4 Å². The number of nitrogens with one attached hydrogen (secondary N) is 2. The first kappa shape index (κ1) is 15.9. The third-order valence-electron chi connectivity index (χ3n) is 5.05. The lowest BCUT2D eigenvalue weighted by atomic mass is 9.83. The molecule has 1 amide bonds. The van der Waals surface area contributed by atoms with Gasteiger partial charge in [0.25, 0.3) is 0 Å². The van der Waals surface area contributed by atoms with Gasteiger partial charge in [-0.3, -0.25) is 9.48 Å². The van der Waals surface area contributed by atoms with Gasteiger partial charge in [-0.2, -0.15) is 5.10 Å². The zero-order valence-electron chi connectivity index (χ0n) is 14.4. The van der Waals surface area contributed by atoms with Crippen LogP contribution in [0, 0.1) is 13.8 Å². The number of carbonyl (C=O) groups excluding carboxylic acids is 1. The van der Waals surface area contributed by atoms with Gasteiger partial charge >= 0.3 is 0 Å². The van der Waals surface area contributed by atoms with Crippen LogP contribution in [0.4, 0.5) is 0 Å². The maximum absolute atomic E-state index is 12.6. The Morgan fingerprint density at radius 3 is 2.92 bits per heavy atom. The van der Waals surface area contributed by atoms with Crippen molar-refractivity contribution in [2.24, 2.45) is 0 Å². The van der Waals surface area contributed by atoms with Crippen molar-refractivity contribution in [2.75, 3.05) is 0 Å². The number of aliphatic hydroxyl groups excluding tert-OH is 1. The fraction of sp³-hybridized carbons (Fsp3) is 0.368. The average molecular weight is 338 g/mol. The number of H-pyrrole nitrogens is 1. The first-order valence-electron chi connectivity index (χ1n) is 8.57. The van der Waals surface area contributed by atoms with Crippen molar-refractivity contribution in [3.8, 4) is 0 Å². The molecule has 1 aliphatic rings. The maximum Gasteiger partial charge on any atom is 0.224 e. The standard InChI is InChI=1S/C19H22N4O2/c1-11-9-20-23(10-11)19-16(8-17(19)24)22-18(25)7-14-12(2)21-15-6-4-3-5-13(14)15/h3-6,9-10,16-17,19,21,24H,7-8H2,1-2H3,(H,22,25)/t16-,17+,19+/m0/s1. The number of aromatic amines is 1. The lowest BCUT2D eigenvalue weighted by molar-refractivity contribution is -0.124. The number of amides is 1. The van der Waals surface area contributed by atoms with Crippen molar-refractivity contribution < 1.29 is 9.90 Å². The van der Waals surface area contributed by atoms with E-state index in [4.69, 9.17) is 0 Å². The molecule has 3 aromatic rings. The number of rotatable bonds is 4.